The molecular formula is C10H15NOS. The second-order valence-corrected chi connectivity index (χ2v) is 3.30. The number of aryl methyl sites for hydroxylation is 1. The number of rotatable bonds is 3. The Kier molecular flexibility index (Phi) is 3.48. The van der Waals surface area contributed by atoms with Crippen molar-refractivity contribution in [1.29, 1.82) is 0 Å². The third-order valence-electron chi connectivity index (χ3n) is 1.96. The lowest BCUT2D eigenvalue weighted by atomic mass is 10.2. The number of benzene rings is 1. The first kappa shape index (κ1) is 10.3. The second-order valence-electron chi connectivity index (χ2n) is 3.01. The molecular weight excluding hydrogens is 182 g/mol. The van der Waals surface area contributed by atoms with Gasteiger partial charge in [0.2, 0.25) is 0 Å². The van der Waals surface area contributed by atoms with E-state index < -0.39 is 0 Å². The minimum absolute atomic E-state index is 0.680. The van der Waals surface area contributed by atoms with E-state index >= 15 is 0 Å². The smallest absolute Gasteiger partial charge is 0.142 e. The van der Waals surface area contributed by atoms with Crippen LogP contribution in [0.4, 0.5) is 5.69 Å². The Morgan fingerprint density at radius 1 is 1.46 bits per heavy atom. The van der Waals surface area contributed by atoms with Gasteiger partial charge < -0.3 is 9.64 Å². The molecule has 0 aliphatic heterocycles. The lowest BCUT2D eigenvalue weighted by molar-refractivity contribution is 0.415. The van der Waals surface area contributed by atoms with E-state index in [1.807, 2.05) is 24.1 Å². The van der Waals surface area contributed by atoms with Crippen LogP contribution in [0.1, 0.15) is 5.56 Å². The first-order valence-electron chi connectivity index (χ1n) is 4.15. The van der Waals surface area contributed by atoms with Crippen molar-refractivity contribution in [2.45, 2.75) is 6.92 Å². The number of thiol groups is 1. The van der Waals surface area contributed by atoms with Gasteiger partial charge in [-0.15, -0.1) is 0 Å². The van der Waals surface area contributed by atoms with Crippen molar-refractivity contribution in [1.82, 2.24) is 0 Å². The zero-order valence-electron chi connectivity index (χ0n) is 8.24. The van der Waals surface area contributed by atoms with Gasteiger partial charge in [-0.2, -0.15) is 12.6 Å². The SMILES string of the molecule is COc1ccc(C)cc1N(C)CS. The highest BCUT2D eigenvalue weighted by molar-refractivity contribution is 7.80. The molecule has 3 heteroatoms. The highest BCUT2D eigenvalue weighted by atomic mass is 32.1. The van der Waals surface area contributed by atoms with Crippen LogP contribution in [0.3, 0.4) is 0 Å². The van der Waals surface area contributed by atoms with Gasteiger partial charge in [-0.05, 0) is 24.6 Å². The number of hydrogen-bond acceptors (Lipinski definition) is 3. The number of methoxy groups -OCH3 is 1. The van der Waals surface area contributed by atoms with Crippen LogP contribution >= 0.6 is 12.6 Å². The molecule has 0 amide bonds. The van der Waals surface area contributed by atoms with Crippen molar-refractivity contribution in [3.63, 3.8) is 0 Å². The number of nitrogens with zero attached hydrogens (tertiary/aromatic N) is 1. The molecule has 0 fully saturated rings. The Balaban J connectivity index is 3.07. The highest BCUT2D eigenvalue weighted by Gasteiger charge is 2.05. The van der Waals surface area contributed by atoms with Crippen molar-refractivity contribution in [2.75, 3.05) is 24.9 Å². The summed E-state index contributed by atoms with van der Waals surface area (Å²) in [6.07, 6.45) is 0. The van der Waals surface area contributed by atoms with Gasteiger partial charge in [0.05, 0.1) is 18.7 Å². The maximum absolute atomic E-state index is 5.25. The van der Waals surface area contributed by atoms with Gasteiger partial charge in [-0.25, -0.2) is 0 Å². The molecule has 72 valence electrons. The Morgan fingerprint density at radius 3 is 2.69 bits per heavy atom. The van der Waals surface area contributed by atoms with E-state index in [1.165, 1.54) is 5.56 Å². The fourth-order valence-corrected chi connectivity index (χ4v) is 1.33. The Morgan fingerprint density at radius 2 is 2.15 bits per heavy atom. The van der Waals surface area contributed by atoms with Crippen molar-refractivity contribution in [3.05, 3.63) is 23.8 Å². The van der Waals surface area contributed by atoms with Crippen LogP contribution in [0.25, 0.3) is 0 Å². The molecule has 0 radical (unpaired) electrons. The van der Waals surface area contributed by atoms with Gasteiger partial charge >= 0.3 is 0 Å². The van der Waals surface area contributed by atoms with E-state index in [2.05, 4.69) is 25.6 Å². The van der Waals surface area contributed by atoms with Gasteiger partial charge in [0.1, 0.15) is 5.75 Å². The summed E-state index contributed by atoms with van der Waals surface area (Å²) in [7, 11) is 3.67. The van der Waals surface area contributed by atoms with E-state index in [0.29, 0.717) is 5.88 Å². The highest BCUT2D eigenvalue weighted by Crippen LogP contribution is 2.28. The molecule has 0 aliphatic rings. The lowest BCUT2D eigenvalue weighted by Gasteiger charge is -2.19. The van der Waals surface area contributed by atoms with Crippen molar-refractivity contribution in [3.8, 4) is 5.75 Å². The molecule has 1 aromatic rings. The van der Waals surface area contributed by atoms with E-state index in [1.54, 1.807) is 7.11 Å². The van der Waals surface area contributed by atoms with Gasteiger partial charge in [0.25, 0.3) is 0 Å². The monoisotopic (exact) mass is 197 g/mol. The molecule has 0 unspecified atom stereocenters. The minimum Gasteiger partial charge on any atom is -0.495 e. The van der Waals surface area contributed by atoms with E-state index in [-0.39, 0.29) is 0 Å². The Labute approximate surface area is 84.9 Å². The lowest BCUT2D eigenvalue weighted by Crippen LogP contribution is -2.15. The van der Waals surface area contributed by atoms with Gasteiger partial charge in [0.15, 0.2) is 0 Å². The summed E-state index contributed by atoms with van der Waals surface area (Å²) in [4.78, 5) is 2.04. The molecule has 2 nitrogen and oxygen atoms in total. The molecule has 0 N–H and O–H groups in total. The van der Waals surface area contributed by atoms with Crippen LogP contribution in [-0.2, 0) is 0 Å². The first-order valence-corrected chi connectivity index (χ1v) is 4.79. The van der Waals surface area contributed by atoms with Gasteiger partial charge in [-0.3, -0.25) is 0 Å². The van der Waals surface area contributed by atoms with Crippen LogP contribution < -0.4 is 9.64 Å². The molecule has 0 saturated heterocycles. The zero-order valence-corrected chi connectivity index (χ0v) is 9.14. The minimum atomic E-state index is 0.680. The molecule has 0 aromatic heterocycles. The quantitative estimate of drug-likeness (QED) is 0.590. The number of hydrogen-bond donors (Lipinski definition) is 1. The van der Waals surface area contributed by atoms with Crippen LogP contribution in [0.2, 0.25) is 0 Å². The summed E-state index contributed by atoms with van der Waals surface area (Å²) >= 11 is 4.22. The van der Waals surface area contributed by atoms with Crippen LogP contribution in [0, 0.1) is 6.92 Å². The summed E-state index contributed by atoms with van der Waals surface area (Å²) in [5.74, 6) is 1.57. The summed E-state index contributed by atoms with van der Waals surface area (Å²) in [5, 5.41) is 0. The third kappa shape index (κ3) is 2.31. The topological polar surface area (TPSA) is 12.5 Å². The van der Waals surface area contributed by atoms with E-state index in [0.717, 1.165) is 11.4 Å². The van der Waals surface area contributed by atoms with Crippen molar-refractivity contribution >= 4 is 18.3 Å². The Hall–Kier alpha value is -0.830. The molecule has 0 spiro atoms. The fraction of sp³-hybridized carbons (Fsp3) is 0.400. The maximum atomic E-state index is 5.25. The summed E-state index contributed by atoms with van der Waals surface area (Å²) in [6, 6.07) is 6.11. The second kappa shape index (κ2) is 4.42. The largest absolute Gasteiger partial charge is 0.495 e. The van der Waals surface area contributed by atoms with Crippen LogP contribution in [0.5, 0.6) is 5.75 Å². The van der Waals surface area contributed by atoms with Gasteiger partial charge in [-0.1, -0.05) is 6.07 Å². The molecule has 0 heterocycles. The third-order valence-corrected chi connectivity index (χ3v) is 2.38. The predicted molar refractivity (Wildman–Crippen MR) is 60.0 cm³/mol. The molecule has 0 atom stereocenters. The van der Waals surface area contributed by atoms with Crippen LogP contribution in [-0.4, -0.2) is 20.0 Å². The molecule has 0 aliphatic carbocycles. The van der Waals surface area contributed by atoms with Crippen molar-refractivity contribution in [2.24, 2.45) is 0 Å². The average Bonchev–Trinajstić information content (AvgIpc) is 2.16. The molecule has 0 bridgehead atoms. The summed E-state index contributed by atoms with van der Waals surface area (Å²) in [5.41, 5.74) is 2.31. The summed E-state index contributed by atoms with van der Waals surface area (Å²) in [6.45, 7) is 2.06. The molecule has 13 heavy (non-hydrogen) atoms. The van der Waals surface area contributed by atoms with Crippen LogP contribution in [0.15, 0.2) is 18.2 Å². The number of ether oxygens (including phenoxy) is 1. The molecule has 1 rings (SSSR count). The Bertz CT molecular complexity index is 288. The zero-order chi connectivity index (χ0) is 9.84. The van der Waals surface area contributed by atoms with E-state index in [4.69, 9.17) is 4.74 Å². The van der Waals surface area contributed by atoms with E-state index in [9.17, 15) is 0 Å². The molecule has 1 aromatic carbocycles. The van der Waals surface area contributed by atoms with Crippen molar-refractivity contribution < 1.29 is 4.74 Å². The standard InChI is InChI=1S/C10H15NOS/c1-8-4-5-10(12-3)9(6-8)11(2)7-13/h4-6,13H,7H2,1-3H3. The normalized spacial score (nSPS) is 9.85. The predicted octanol–water partition coefficient (Wildman–Crippen LogP) is 2.33. The summed E-state index contributed by atoms with van der Waals surface area (Å²) < 4.78 is 5.25. The van der Waals surface area contributed by atoms with Gasteiger partial charge in [0, 0.05) is 7.05 Å². The number of anilines is 1. The fourth-order valence-electron chi connectivity index (χ4n) is 1.17. The average molecular weight is 197 g/mol. The maximum Gasteiger partial charge on any atom is 0.142 e. The molecule has 0 saturated carbocycles. The first-order chi connectivity index (χ1) is 6.19.